The number of amides is 1. The predicted octanol–water partition coefficient (Wildman–Crippen LogP) is 2.08. The topological polar surface area (TPSA) is 29.1 Å². The monoisotopic (exact) mass is 233 g/mol. The molecular formula is C9H16BrNO. The van der Waals surface area contributed by atoms with Crippen LogP contribution in [0.5, 0.6) is 0 Å². The molecule has 1 N–H and O–H groups in total. The van der Waals surface area contributed by atoms with Crippen LogP contribution in [0.1, 0.15) is 33.1 Å². The molecule has 0 spiro atoms. The first-order valence-corrected chi connectivity index (χ1v) is 5.37. The van der Waals surface area contributed by atoms with Crippen molar-refractivity contribution in [2.75, 3.05) is 6.54 Å². The van der Waals surface area contributed by atoms with Crippen molar-refractivity contribution in [1.29, 1.82) is 0 Å². The lowest BCUT2D eigenvalue weighted by Gasteiger charge is -2.38. The molecule has 1 fully saturated rings. The highest BCUT2D eigenvalue weighted by molar-refractivity contribution is 9.10. The Balaban J connectivity index is 2.21. The Bertz CT molecular complexity index is 175. The molecular weight excluding hydrogens is 218 g/mol. The van der Waals surface area contributed by atoms with E-state index in [0.29, 0.717) is 5.41 Å². The van der Waals surface area contributed by atoms with Gasteiger partial charge in [0.15, 0.2) is 0 Å². The van der Waals surface area contributed by atoms with E-state index in [9.17, 15) is 4.79 Å². The summed E-state index contributed by atoms with van der Waals surface area (Å²) < 4.78 is 0. The third kappa shape index (κ3) is 2.47. The van der Waals surface area contributed by atoms with Crippen molar-refractivity contribution in [2.24, 2.45) is 5.41 Å². The predicted molar refractivity (Wildman–Crippen MR) is 53.4 cm³/mol. The first-order chi connectivity index (χ1) is 5.53. The Morgan fingerprint density at radius 3 is 2.58 bits per heavy atom. The molecule has 0 bridgehead atoms. The minimum Gasteiger partial charge on any atom is -0.355 e. The summed E-state index contributed by atoms with van der Waals surface area (Å²) in [5.74, 6) is 0.100. The van der Waals surface area contributed by atoms with Crippen LogP contribution in [-0.4, -0.2) is 17.3 Å². The normalized spacial score (nSPS) is 22.6. The van der Waals surface area contributed by atoms with Crippen molar-refractivity contribution in [3.05, 3.63) is 0 Å². The summed E-state index contributed by atoms with van der Waals surface area (Å²) in [4.78, 5) is 11.1. The van der Waals surface area contributed by atoms with Crippen LogP contribution in [0.15, 0.2) is 0 Å². The van der Waals surface area contributed by atoms with Gasteiger partial charge in [-0.3, -0.25) is 4.79 Å². The third-order valence-corrected chi connectivity index (χ3v) is 3.03. The zero-order valence-electron chi connectivity index (χ0n) is 7.69. The molecule has 0 aromatic rings. The van der Waals surface area contributed by atoms with Crippen LogP contribution in [-0.2, 0) is 4.79 Å². The highest BCUT2D eigenvalue weighted by Gasteiger charge is 2.31. The van der Waals surface area contributed by atoms with Crippen molar-refractivity contribution >= 4 is 21.8 Å². The molecule has 0 aliphatic heterocycles. The molecule has 12 heavy (non-hydrogen) atoms. The summed E-state index contributed by atoms with van der Waals surface area (Å²) in [6, 6.07) is 0. The fourth-order valence-corrected chi connectivity index (χ4v) is 1.56. The molecule has 1 aliphatic carbocycles. The lowest BCUT2D eigenvalue weighted by molar-refractivity contribution is -0.120. The number of alkyl halides is 1. The first kappa shape index (κ1) is 10.0. The van der Waals surface area contributed by atoms with E-state index in [1.54, 1.807) is 0 Å². The fourth-order valence-electron chi connectivity index (χ4n) is 1.40. The van der Waals surface area contributed by atoms with Crippen molar-refractivity contribution in [2.45, 2.75) is 37.9 Å². The van der Waals surface area contributed by atoms with Gasteiger partial charge in [0.05, 0.1) is 4.83 Å². The average molecular weight is 234 g/mol. The molecule has 2 nitrogen and oxygen atoms in total. The summed E-state index contributed by atoms with van der Waals surface area (Å²) >= 11 is 3.24. The van der Waals surface area contributed by atoms with E-state index in [-0.39, 0.29) is 10.7 Å². The number of rotatable bonds is 3. The molecule has 0 saturated heterocycles. The Morgan fingerprint density at radius 1 is 1.67 bits per heavy atom. The Morgan fingerprint density at radius 2 is 2.25 bits per heavy atom. The maximum Gasteiger partial charge on any atom is 0.233 e. The van der Waals surface area contributed by atoms with Crippen molar-refractivity contribution in [1.82, 2.24) is 5.32 Å². The largest absolute Gasteiger partial charge is 0.355 e. The van der Waals surface area contributed by atoms with Gasteiger partial charge in [-0.25, -0.2) is 0 Å². The van der Waals surface area contributed by atoms with Gasteiger partial charge in [-0.2, -0.15) is 0 Å². The Kier molecular flexibility index (Phi) is 3.16. The summed E-state index contributed by atoms with van der Waals surface area (Å²) in [6.07, 6.45) is 3.82. The van der Waals surface area contributed by atoms with Crippen LogP contribution in [0.25, 0.3) is 0 Å². The van der Waals surface area contributed by atoms with Gasteiger partial charge in [-0.15, -0.1) is 0 Å². The molecule has 1 unspecified atom stereocenters. The third-order valence-electron chi connectivity index (χ3n) is 2.61. The highest BCUT2D eigenvalue weighted by Crippen LogP contribution is 2.39. The molecule has 0 aromatic heterocycles. The van der Waals surface area contributed by atoms with Crippen LogP contribution < -0.4 is 5.32 Å². The average Bonchev–Trinajstić information content (AvgIpc) is 1.96. The van der Waals surface area contributed by atoms with E-state index < -0.39 is 0 Å². The molecule has 1 amide bonds. The van der Waals surface area contributed by atoms with E-state index in [4.69, 9.17) is 0 Å². The molecule has 0 heterocycles. The molecule has 0 radical (unpaired) electrons. The van der Waals surface area contributed by atoms with Crippen LogP contribution in [0.3, 0.4) is 0 Å². The molecule has 0 aromatic carbocycles. The molecule has 3 heteroatoms. The molecule has 70 valence electrons. The lowest BCUT2D eigenvalue weighted by atomic mass is 9.70. The maximum atomic E-state index is 11.2. The smallest absolute Gasteiger partial charge is 0.233 e. The van der Waals surface area contributed by atoms with Gasteiger partial charge in [-0.1, -0.05) is 29.3 Å². The molecule has 1 aliphatic rings. The summed E-state index contributed by atoms with van der Waals surface area (Å²) in [5, 5.41) is 2.94. The zero-order valence-corrected chi connectivity index (χ0v) is 9.28. The molecule has 1 saturated carbocycles. The number of nitrogens with one attached hydrogen (secondary N) is 1. The van der Waals surface area contributed by atoms with E-state index in [1.165, 1.54) is 19.3 Å². The van der Waals surface area contributed by atoms with Crippen molar-refractivity contribution < 1.29 is 4.79 Å². The highest BCUT2D eigenvalue weighted by atomic mass is 79.9. The SMILES string of the molecule is CC(Br)C(=O)NCC1(C)CCC1. The van der Waals surface area contributed by atoms with Gasteiger partial charge in [0.2, 0.25) is 5.91 Å². The second kappa shape index (κ2) is 3.77. The van der Waals surface area contributed by atoms with Gasteiger partial charge >= 0.3 is 0 Å². The van der Waals surface area contributed by atoms with Gasteiger partial charge in [0.25, 0.3) is 0 Å². The first-order valence-electron chi connectivity index (χ1n) is 4.45. The second-order valence-corrected chi connectivity index (χ2v) is 5.37. The van der Waals surface area contributed by atoms with Crippen LogP contribution >= 0.6 is 15.9 Å². The van der Waals surface area contributed by atoms with Crippen LogP contribution in [0, 0.1) is 5.41 Å². The van der Waals surface area contributed by atoms with Crippen molar-refractivity contribution in [3.63, 3.8) is 0 Å². The van der Waals surface area contributed by atoms with Crippen LogP contribution in [0.2, 0.25) is 0 Å². The Labute approximate surface area is 82.2 Å². The summed E-state index contributed by atoms with van der Waals surface area (Å²) in [6.45, 7) is 4.91. The van der Waals surface area contributed by atoms with E-state index in [1.807, 2.05) is 6.92 Å². The van der Waals surface area contributed by atoms with Gasteiger partial charge < -0.3 is 5.32 Å². The number of carbonyl (C=O) groups excluding carboxylic acids is 1. The number of hydrogen-bond donors (Lipinski definition) is 1. The van der Waals surface area contributed by atoms with E-state index in [0.717, 1.165) is 6.54 Å². The zero-order chi connectivity index (χ0) is 9.19. The van der Waals surface area contributed by atoms with Gasteiger partial charge in [0.1, 0.15) is 0 Å². The standard InChI is InChI=1S/C9H16BrNO/c1-7(10)8(12)11-6-9(2)4-3-5-9/h7H,3-6H2,1-2H3,(H,11,12). The number of carbonyl (C=O) groups is 1. The van der Waals surface area contributed by atoms with E-state index >= 15 is 0 Å². The van der Waals surface area contributed by atoms with Gasteiger partial charge in [-0.05, 0) is 25.2 Å². The molecule has 1 atom stereocenters. The Hall–Kier alpha value is -0.0500. The minimum absolute atomic E-state index is 0.0684. The quantitative estimate of drug-likeness (QED) is 0.744. The van der Waals surface area contributed by atoms with Crippen molar-refractivity contribution in [3.8, 4) is 0 Å². The van der Waals surface area contributed by atoms with E-state index in [2.05, 4.69) is 28.2 Å². The number of hydrogen-bond acceptors (Lipinski definition) is 1. The number of halogens is 1. The molecule has 1 rings (SSSR count). The maximum absolute atomic E-state index is 11.2. The second-order valence-electron chi connectivity index (χ2n) is 4.00. The minimum atomic E-state index is -0.0684. The van der Waals surface area contributed by atoms with Crippen LogP contribution in [0.4, 0.5) is 0 Å². The fraction of sp³-hybridized carbons (Fsp3) is 0.889. The summed E-state index contributed by atoms with van der Waals surface area (Å²) in [7, 11) is 0. The van der Waals surface area contributed by atoms with Gasteiger partial charge in [0, 0.05) is 6.54 Å². The lowest BCUT2D eigenvalue weighted by Crippen LogP contribution is -2.41. The summed E-state index contributed by atoms with van der Waals surface area (Å²) in [5.41, 5.74) is 0.386.